The molecule has 0 fully saturated rings. The average Bonchev–Trinajstić information content (AvgIpc) is 2.60. The first-order valence-electron chi connectivity index (χ1n) is 7.21. The molecule has 116 valence electrons. The molecule has 0 saturated carbocycles. The van der Waals surface area contributed by atoms with Gasteiger partial charge in [0, 0.05) is 17.3 Å². The standard InChI is InChI=1S/C17H15N3O3/c1-22-14-7-11-13(8-15(14)23-2)18-9-20-16(11)19-12-6-4-3-5-10(12)17(20)21/h3-9,16,19H,1-2H3. The second-order valence-electron chi connectivity index (χ2n) is 5.32. The van der Waals surface area contributed by atoms with Crippen LogP contribution in [0.2, 0.25) is 0 Å². The zero-order chi connectivity index (χ0) is 16.0. The molecule has 2 aliphatic heterocycles. The summed E-state index contributed by atoms with van der Waals surface area (Å²) in [6, 6.07) is 11.1. The zero-order valence-corrected chi connectivity index (χ0v) is 12.7. The molecule has 1 N–H and O–H groups in total. The first-order valence-corrected chi connectivity index (χ1v) is 7.21. The van der Waals surface area contributed by atoms with E-state index >= 15 is 0 Å². The van der Waals surface area contributed by atoms with Gasteiger partial charge >= 0.3 is 0 Å². The van der Waals surface area contributed by atoms with Crippen LogP contribution in [0, 0.1) is 0 Å². The van der Waals surface area contributed by atoms with E-state index in [9.17, 15) is 4.79 Å². The Hall–Kier alpha value is -3.02. The van der Waals surface area contributed by atoms with E-state index in [0.717, 1.165) is 16.9 Å². The van der Waals surface area contributed by atoms with E-state index in [4.69, 9.17) is 9.47 Å². The summed E-state index contributed by atoms with van der Waals surface area (Å²) in [5.41, 5.74) is 3.07. The van der Waals surface area contributed by atoms with Crippen molar-refractivity contribution in [1.29, 1.82) is 0 Å². The Morgan fingerprint density at radius 3 is 2.65 bits per heavy atom. The van der Waals surface area contributed by atoms with Gasteiger partial charge in [-0.25, -0.2) is 4.99 Å². The van der Waals surface area contributed by atoms with Crippen molar-refractivity contribution < 1.29 is 14.3 Å². The number of carbonyl (C=O) groups excluding carboxylic acids is 1. The highest BCUT2D eigenvalue weighted by molar-refractivity contribution is 6.07. The van der Waals surface area contributed by atoms with Crippen LogP contribution in [0.3, 0.4) is 0 Å². The number of nitrogens with zero attached hydrogens (tertiary/aromatic N) is 2. The summed E-state index contributed by atoms with van der Waals surface area (Å²) < 4.78 is 10.7. The molecule has 2 aromatic rings. The fraction of sp³-hybridized carbons (Fsp3) is 0.176. The van der Waals surface area contributed by atoms with Crippen molar-refractivity contribution in [2.75, 3.05) is 19.5 Å². The highest BCUT2D eigenvalue weighted by atomic mass is 16.5. The number of methoxy groups -OCH3 is 2. The molecule has 1 amide bonds. The van der Waals surface area contributed by atoms with E-state index in [-0.39, 0.29) is 12.1 Å². The lowest BCUT2D eigenvalue weighted by atomic mass is 10.0. The second-order valence-corrected chi connectivity index (χ2v) is 5.32. The normalized spacial score (nSPS) is 17.7. The van der Waals surface area contributed by atoms with Gasteiger partial charge in [0.15, 0.2) is 11.5 Å². The largest absolute Gasteiger partial charge is 0.493 e. The molecule has 23 heavy (non-hydrogen) atoms. The number of hydrogen-bond acceptors (Lipinski definition) is 5. The third-order valence-electron chi connectivity index (χ3n) is 4.11. The van der Waals surface area contributed by atoms with Gasteiger partial charge in [0.2, 0.25) is 0 Å². The molecular formula is C17H15N3O3. The van der Waals surface area contributed by atoms with E-state index in [2.05, 4.69) is 10.3 Å². The molecule has 1 atom stereocenters. The van der Waals surface area contributed by atoms with Gasteiger partial charge in [0.05, 0.1) is 25.5 Å². The smallest absolute Gasteiger partial charge is 0.263 e. The van der Waals surface area contributed by atoms with Gasteiger partial charge in [0.1, 0.15) is 12.5 Å². The minimum absolute atomic E-state index is 0.0754. The fourth-order valence-corrected chi connectivity index (χ4v) is 2.95. The molecule has 2 aromatic carbocycles. The lowest BCUT2D eigenvalue weighted by molar-refractivity contribution is 0.0808. The number of aliphatic imine (C=N–C) groups is 1. The van der Waals surface area contributed by atoms with Gasteiger partial charge in [-0.1, -0.05) is 12.1 Å². The molecule has 0 saturated heterocycles. The lowest BCUT2D eigenvalue weighted by Crippen LogP contribution is -2.43. The maximum atomic E-state index is 12.7. The van der Waals surface area contributed by atoms with Crippen molar-refractivity contribution in [2.45, 2.75) is 6.17 Å². The summed E-state index contributed by atoms with van der Waals surface area (Å²) in [7, 11) is 3.17. The molecule has 6 heteroatoms. The Labute approximate surface area is 133 Å². The number of amides is 1. The number of para-hydroxylation sites is 1. The van der Waals surface area contributed by atoms with Crippen molar-refractivity contribution in [3.05, 3.63) is 47.5 Å². The third-order valence-corrected chi connectivity index (χ3v) is 4.11. The van der Waals surface area contributed by atoms with Gasteiger partial charge in [-0.2, -0.15) is 0 Å². The Balaban J connectivity index is 1.85. The van der Waals surface area contributed by atoms with Crippen LogP contribution in [0.15, 0.2) is 41.4 Å². The Bertz CT molecular complexity index is 832. The van der Waals surface area contributed by atoms with Gasteiger partial charge in [-0.3, -0.25) is 9.69 Å². The summed E-state index contributed by atoms with van der Waals surface area (Å²) in [5.74, 6) is 1.14. The van der Waals surface area contributed by atoms with E-state index in [1.807, 2.05) is 30.3 Å². The van der Waals surface area contributed by atoms with Crippen molar-refractivity contribution >= 4 is 23.6 Å². The van der Waals surface area contributed by atoms with Gasteiger partial charge in [0.25, 0.3) is 5.91 Å². The van der Waals surface area contributed by atoms with Gasteiger partial charge in [-0.15, -0.1) is 0 Å². The van der Waals surface area contributed by atoms with Crippen LogP contribution in [0.1, 0.15) is 22.1 Å². The van der Waals surface area contributed by atoms with E-state index in [1.54, 1.807) is 31.5 Å². The first kappa shape index (κ1) is 13.6. The van der Waals surface area contributed by atoms with E-state index < -0.39 is 0 Å². The van der Waals surface area contributed by atoms with Crippen molar-refractivity contribution in [3.8, 4) is 11.5 Å². The SMILES string of the molecule is COc1cc2c(cc1OC)C1Nc3ccccc3C(=O)N1C=N2. The molecular weight excluding hydrogens is 294 g/mol. The summed E-state index contributed by atoms with van der Waals surface area (Å²) in [4.78, 5) is 18.7. The molecule has 0 aromatic heterocycles. The number of carbonyl (C=O) groups is 1. The van der Waals surface area contributed by atoms with Gasteiger partial charge in [-0.05, 0) is 18.2 Å². The Kier molecular flexibility index (Phi) is 2.97. The van der Waals surface area contributed by atoms with E-state index in [1.165, 1.54) is 0 Å². The number of rotatable bonds is 2. The van der Waals surface area contributed by atoms with Crippen LogP contribution in [0.5, 0.6) is 11.5 Å². The Morgan fingerprint density at radius 2 is 1.87 bits per heavy atom. The van der Waals surface area contributed by atoms with Crippen LogP contribution in [0.4, 0.5) is 11.4 Å². The van der Waals surface area contributed by atoms with Crippen LogP contribution in [-0.4, -0.2) is 31.4 Å². The second kappa shape index (κ2) is 5.01. The number of ether oxygens (including phenoxy) is 2. The van der Waals surface area contributed by atoms with Crippen molar-refractivity contribution in [3.63, 3.8) is 0 Å². The zero-order valence-electron chi connectivity index (χ0n) is 12.7. The summed E-state index contributed by atoms with van der Waals surface area (Å²) in [6.45, 7) is 0. The van der Waals surface area contributed by atoms with Crippen LogP contribution < -0.4 is 14.8 Å². The molecule has 1 unspecified atom stereocenters. The molecule has 6 nitrogen and oxygen atoms in total. The van der Waals surface area contributed by atoms with Crippen LogP contribution >= 0.6 is 0 Å². The topological polar surface area (TPSA) is 63.2 Å². The monoisotopic (exact) mass is 309 g/mol. The molecule has 0 spiro atoms. The number of fused-ring (bicyclic) bond motifs is 4. The summed E-state index contributed by atoms with van der Waals surface area (Å²) >= 11 is 0. The fourth-order valence-electron chi connectivity index (χ4n) is 2.95. The molecule has 0 bridgehead atoms. The molecule has 4 rings (SSSR count). The Morgan fingerprint density at radius 1 is 1.13 bits per heavy atom. The highest BCUT2D eigenvalue weighted by Crippen LogP contribution is 2.43. The summed E-state index contributed by atoms with van der Waals surface area (Å²) in [6.07, 6.45) is 1.24. The highest BCUT2D eigenvalue weighted by Gasteiger charge is 2.36. The number of hydrogen-bond donors (Lipinski definition) is 1. The first-order chi connectivity index (χ1) is 11.2. The predicted molar refractivity (Wildman–Crippen MR) is 86.7 cm³/mol. The summed E-state index contributed by atoms with van der Waals surface area (Å²) in [5, 5.41) is 3.39. The van der Waals surface area contributed by atoms with Crippen LogP contribution in [0.25, 0.3) is 0 Å². The molecule has 0 aliphatic carbocycles. The predicted octanol–water partition coefficient (Wildman–Crippen LogP) is 2.94. The molecule has 2 aliphatic rings. The average molecular weight is 309 g/mol. The third kappa shape index (κ3) is 1.95. The maximum absolute atomic E-state index is 12.7. The van der Waals surface area contributed by atoms with Crippen LogP contribution in [-0.2, 0) is 0 Å². The number of anilines is 1. The van der Waals surface area contributed by atoms with Crippen molar-refractivity contribution in [2.24, 2.45) is 4.99 Å². The number of benzene rings is 2. The minimum atomic E-state index is -0.315. The lowest BCUT2D eigenvalue weighted by Gasteiger charge is -2.38. The number of nitrogens with one attached hydrogen (secondary N) is 1. The minimum Gasteiger partial charge on any atom is -0.493 e. The van der Waals surface area contributed by atoms with Crippen molar-refractivity contribution in [1.82, 2.24) is 4.90 Å². The van der Waals surface area contributed by atoms with E-state index in [0.29, 0.717) is 17.1 Å². The molecule has 0 radical (unpaired) electrons. The maximum Gasteiger partial charge on any atom is 0.263 e. The van der Waals surface area contributed by atoms with Gasteiger partial charge < -0.3 is 14.8 Å². The molecule has 2 heterocycles. The quantitative estimate of drug-likeness (QED) is 0.926.